The molecule has 0 fully saturated rings. The number of aliphatic carboxylic acids is 1. The first-order valence-electron chi connectivity index (χ1n) is 11.0. The van der Waals surface area contributed by atoms with Gasteiger partial charge in [0.1, 0.15) is 5.75 Å². The number of amides is 1. The number of carboxylic acid groups (broad SMARTS) is 1. The first-order chi connectivity index (χ1) is 18.4. The number of rotatable bonds is 6. The molecule has 40 heavy (non-hydrogen) atoms. The van der Waals surface area contributed by atoms with Gasteiger partial charge in [-0.3, -0.25) is 4.79 Å². The first kappa shape index (κ1) is 28.6. The van der Waals surface area contributed by atoms with E-state index in [-0.39, 0.29) is 27.9 Å². The molecule has 1 heterocycles. The highest BCUT2D eigenvalue weighted by molar-refractivity contribution is 6.20. The van der Waals surface area contributed by atoms with Crippen molar-refractivity contribution >= 4 is 33.7 Å². The molecule has 0 saturated heterocycles. The molecule has 0 radical (unpaired) electrons. The third-order valence-electron chi connectivity index (χ3n) is 5.89. The third-order valence-corrected chi connectivity index (χ3v) is 5.89. The second kappa shape index (κ2) is 9.64. The Kier molecular flexibility index (Phi) is 6.89. The number of alkyl halides is 9. The fourth-order valence-corrected chi connectivity index (χ4v) is 4.31. The molecule has 0 spiro atoms. The summed E-state index contributed by atoms with van der Waals surface area (Å²) >= 11 is 0. The number of fused-ring (bicyclic) bond motifs is 3. The number of ether oxygens (including phenoxy) is 1. The monoisotopic (exact) mass is 578 g/mol. The number of carboxylic acids is 1. The van der Waals surface area contributed by atoms with Gasteiger partial charge in [0.15, 0.2) is 6.61 Å². The predicted octanol–water partition coefficient (Wildman–Crippen LogP) is 6.46. The van der Waals surface area contributed by atoms with Crippen molar-refractivity contribution in [2.45, 2.75) is 25.1 Å². The van der Waals surface area contributed by atoms with Crippen molar-refractivity contribution < 1.29 is 58.9 Å². The van der Waals surface area contributed by atoms with Crippen molar-refractivity contribution in [3.63, 3.8) is 0 Å². The van der Waals surface area contributed by atoms with Crippen LogP contribution in [0.2, 0.25) is 0 Å². The number of carbonyl (C=O) groups excluding carboxylic acids is 1. The minimum absolute atomic E-state index is 0.0863. The number of benzene rings is 3. The molecule has 4 rings (SSSR count). The summed E-state index contributed by atoms with van der Waals surface area (Å²) < 4.78 is 128. The smallest absolute Gasteiger partial charge is 0.416 e. The number of carbonyl (C=O) groups is 2. The molecule has 15 heteroatoms. The van der Waals surface area contributed by atoms with E-state index in [0.29, 0.717) is 24.3 Å². The lowest BCUT2D eigenvalue weighted by atomic mass is 10.0. The molecule has 1 amide bonds. The number of primary amides is 1. The Labute approximate surface area is 217 Å². The Morgan fingerprint density at radius 2 is 1.32 bits per heavy atom. The third kappa shape index (κ3) is 5.49. The van der Waals surface area contributed by atoms with E-state index in [1.54, 1.807) is 0 Å². The fraction of sp³-hybridized carbons (Fsp3) is 0.200. The van der Waals surface area contributed by atoms with E-state index >= 15 is 0 Å². The SMILES string of the molecule is NC(=O)c1cccc2c1c1c(OCC(=O)O)cc(C(F)(F)F)cc1n2Cc1cc(C(F)(F)F)cc(C(F)(F)F)c1. The Hall–Kier alpha value is -4.43. The lowest BCUT2D eigenvalue weighted by Crippen LogP contribution is -2.13. The van der Waals surface area contributed by atoms with Crippen LogP contribution in [0.4, 0.5) is 39.5 Å². The molecule has 0 unspecified atom stereocenters. The summed E-state index contributed by atoms with van der Waals surface area (Å²) in [6, 6.07) is 5.48. The normalized spacial score (nSPS) is 12.7. The molecule has 4 aromatic rings. The van der Waals surface area contributed by atoms with E-state index in [4.69, 9.17) is 15.6 Å². The van der Waals surface area contributed by atoms with E-state index in [1.807, 2.05) is 0 Å². The molecule has 3 N–H and O–H groups in total. The molecule has 212 valence electrons. The summed E-state index contributed by atoms with van der Waals surface area (Å²) in [6.45, 7) is -1.92. The van der Waals surface area contributed by atoms with Crippen molar-refractivity contribution in [3.05, 3.63) is 76.3 Å². The Bertz CT molecular complexity index is 1620. The average molecular weight is 578 g/mol. The van der Waals surface area contributed by atoms with Gasteiger partial charge in [-0.15, -0.1) is 0 Å². The lowest BCUT2D eigenvalue weighted by Gasteiger charge is -2.16. The quantitative estimate of drug-likeness (QED) is 0.257. The van der Waals surface area contributed by atoms with Crippen molar-refractivity contribution in [1.82, 2.24) is 4.57 Å². The second-order valence-electron chi connectivity index (χ2n) is 8.61. The number of halogens is 9. The van der Waals surface area contributed by atoms with Gasteiger partial charge in [-0.1, -0.05) is 6.07 Å². The van der Waals surface area contributed by atoms with Gasteiger partial charge in [0.25, 0.3) is 0 Å². The van der Waals surface area contributed by atoms with Crippen LogP contribution in [-0.4, -0.2) is 28.2 Å². The molecule has 0 atom stereocenters. The summed E-state index contributed by atoms with van der Waals surface area (Å²) in [4.78, 5) is 23.3. The van der Waals surface area contributed by atoms with Crippen LogP contribution in [0.15, 0.2) is 48.5 Å². The van der Waals surface area contributed by atoms with E-state index in [0.717, 1.165) is 4.57 Å². The van der Waals surface area contributed by atoms with Gasteiger partial charge in [0.05, 0.1) is 33.1 Å². The van der Waals surface area contributed by atoms with E-state index in [2.05, 4.69) is 0 Å². The van der Waals surface area contributed by atoms with Crippen LogP contribution in [-0.2, 0) is 29.9 Å². The van der Waals surface area contributed by atoms with E-state index in [1.165, 1.54) is 18.2 Å². The van der Waals surface area contributed by atoms with Crippen LogP contribution in [0.1, 0.15) is 32.6 Å². The molecule has 0 aliphatic carbocycles. The van der Waals surface area contributed by atoms with Gasteiger partial charge in [-0.25, -0.2) is 4.79 Å². The Morgan fingerprint density at radius 1 is 0.775 bits per heavy atom. The molecular formula is C25H15F9N2O4. The highest BCUT2D eigenvalue weighted by Crippen LogP contribution is 2.43. The van der Waals surface area contributed by atoms with Crippen molar-refractivity contribution in [3.8, 4) is 5.75 Å². The van der Waals surface area contributed by atoms with E-state index < -0.39 is 77.1 Å². The highest BCUT2D eigenvalue weighted by Gasteiger charge is 2.37. The number of nitrogens with zero attached hydrogens (tertiary/aromatic N) is 1. The van der Waals surface area contributed by atoms with Crippen LogP contribution in [0.25, 0.3) is 21.8 Å². The van der Waals surface area contributed by atoms with Gasteiger partial charge >= 0.3 is 24.5 Å². The Balaban J connectivity index is 2.11. The van der Waals surface area contributed by atoms with Gasteiger partial charge in [-0.2, -0.15) is 39.5 Å². The van der Waals surface area contributed by atoms with Gasteiger partial charge in [0.2, 0.25) is 5.91 Å². The Morgan fingerprint density at radius 3 is 1.82 bits per heavy atom. The largest absolute Gasteiger partial charge is 0.481 e. The minimum atomic E-state index is -5.18. The summed E-state index contributed by atoms with van der Waals surface area (Å²) in [7, 11) is 0. The lowest BCUT2D eigenvalue weighted by molar-refractivity contribution is -0.143. The highest BCUT2D eigenvalue weighted by atomic mass is 19.4. The van der Waals surface area contributed by atoms with Crippen molar-refractivity contribution in [2.24, 2.45) is 5.73 Å². The number of aromatic nitrogens is 1. The maximum absolute atomic E-state index is 13.8. The van der Waals surface area contributed by atoms with E-state index in [9.17, 15) is 49.1 Å². The molecular weight excluding hydrogens is 563 g/mol. The van der Waals surface area contributed by atoms with Crippen LogP contribution in [0, 0.1) is 0 Å². The number of nitrogens with two attached hydrogens (primary N) is 1. The molecule has 0 saturated carbocycles. The van der Waals surface area contributed by atoms with Crippen LogP contribution in [0.5, 0.6) is 5.75 Å². The topological polar surface area (TPSA) is 94.6 Å². The molecule has 3 aromatic carbocycles. The van der Waals surface area contributed by atoms with Crippen molar-refractivity contribution in [1.29, 1.82) is 0 Å². The molecule has 0 bridgehead atoms. The van der Waals surface area contributed by atoms with Crippen LogP contribution < -0.4 is 10.5 Å². The molecule has 1 aromatic heterocycles. The summed E-state index contributed by atoms with van der Waals surface area (Å²) in [5.41, 5.74) is -0.547. The van der Waals surface area contributed by atoms with Crippen LogP contribution >= 0.6 is 0 Å². The van der Waals surface area contributed by atoms with Gasteiger partial charge < -0.3 is 20.1 Å². The fourth-order valence-electron chi connectivity index (χ4n) is 4.31. The molecule has 0 aliphatic rings. The zero-order valence-corrected chi connectivity index (χ0v) is 19.6. The number of hydrogen-bond donors (Lipinski definition) is 2. The van der Waals surface area contributed by atoms with Gasteiger partial charge in [-0.05, 0) is 48.0 Å². The van der Waals surface area contributed by atoms with Crippen molar-refractivity contribution in [2.75, 3.05) is 6.61 Å². The molecule has 0 aliphatic heterocycles. The summed E-state index contributed by atoms with van der Waals surface area (Å²) in [5, 5.41) is 8.62. The zero-order valence-electron chi connectivity index (χ0n) is 19.6. The minimum Gasteiger partial charge on any atom is -0.481 e. The number of hydrogen-bond acceptors (Lipinski definition) is 3. The average Bonchev–Trinajstić information content (AvgIpc) is 3.14. The maximum atomic E-state index is 13.8. The predicted molar refractivity (Wildman–Crippen MR) is 122 cm³/mol. The molecule has 6 nitrogen and oxygen atoms in total. The second-order valence-corrected chi connectivity index (χ2v) is 8.61. The summed E-state index contributed by atoms with van der Waals surface area (Å²) in [6.07, 6.45) is -15.4. The standard InChI is InChI=1S/C25H15F9N2O4/c26-23(27,28)12-4-11(5-13(6-12)24(29,30)31)9-36-16-3-1-2-15(22(35)39)20(16)21-17(36)7-14(25(32,33)34)8-18(21)40-10-19(37)38/h1-8H,9-10H2,(H2,35,39)(H,37,38). The van der Waals surface area contributed by atoms with Crippen LogP contribution in [0.3, 0.4) is 0 Å². The van der Waals surface area contributed by atoms with Gasteiger partial charge in [0, 0.05) is 17.5 Å². The zero-order chi connectivity index (χ0) is 29.8. The maximum Gasteiger partial charge on any atom is 0.416 e. The summed E-state index contributed by atoms with van der Waals surface area (Å²) in [5.74, 6) is -3.27. The first-order valence-corrected chi connectivity index (χ1v) is 11.0.